The second-order valence-corrected chi connectivity index (χ2v) is 3.14. The maximum Gasteiger partial charge on any atom is 0.186 e. The molecule has 1 rings (SSSR count). The van der Waals surface area contributed by atoms with E-state index in [9.17, 15) is 4.39 Å². The number of hydrogen-bond donors (Lipinski definition) is 1. The lowest BCUT2D eigenvalue weighted by Crippen LogP contribution is -2.13. The summed E-state index contributed by atoms with van der Waals surface area (Å²) in [4.78, 5) is 7.67. The lowest BCUT2D eigenvalue weighted by atomic mass is 10.3. The van der Waals surface area contributed by atoms with Gasteiger partial charge in [0, 0.05) is 6.04 Å². The fourth-order valence-corrected chi connectivity index (χ4v) is 1.03. The zero-order chi connectivity index (χ0) is 9.84. The van der Waals surface area contributed by atoms with Crippen LogP contribution in [-0.2, 0) is 6.42 Å². The monoisotopic (exact) mass is 183 g/mol. The smallest absolute Gasteiger partial charge is 0.186 e. The summed E-state index contributed by atoms with van der Waals surface area (Å²) >= 11 is 0. The van der Waals surface area contributed by atoms with Gasteiger partial charge >= 0.3 is 0 Å². The Morgan fingerprint density at radius 2 is 2.15 bits per heavy atom. The minimum absolute atomic E-state index is 0.175. The minimum Gasteiger partial charge on any atom is -0.365 e. The Hall–Kier alpha value is -1.19. The lowest BCUT2D eigenvalue weighted by Gasteiger charge is -2.10. The van der Waals surface area contributed by atoms with Crippen molar-refractivity contribution in [1.82, 2.24) is 9.97 Å². The summed E-state index contributed by atoms with van der Waals surface area (Å²) in [5, 5.41) is 2.92. The molecule has 0 unspecified atom stereocenters. The van der Waals surface area contributed by atoms with Crippen LogP contribution in [0.4, 0.5) is 10.2 Å². The van der Waals surface area contributed by atoms with Crippen LogP contribution in [0.3, 0.4) is 0 Å². The van der Waals surface area contributed by atoms with Crippen LogP contribution in [0.1, 0.15) is 26.5 Å². The molecule has 0 amide bonds. The fourth-order valence-electron chi connectivity index (χ4n) is 1.03. The molecule has 0 saturated carbocycles. The van der Waals surface area contributed by atoms with Gasteiger partial charge in [-0.25, -0.2) is 14.4 Å². The zero-order valence-electron chi connectivity index (χ0n) is 8.13. The number of hydrogen-bond acceptors (Lipinski definition) is 3. The second kappa shape index (κ2) is 4.16. The van der Waals surface area contributed by atoms with Crippen LogP contribution in [0, 0.1) is 5.82 Å². The number of halogens is 1. The molecule has 0 fully saturated rings. The third-order valence-electron chi connectivity index (χ3n) is 1.62. The molecule has 0 aromatic carbocycles. The fraction of sp³-hybridized carbons (Fsp3) is 0.556. The molecule has 13 heavy (non-hydrogen) atoms. The van der Waals surface area contributed by atoms with E-state index < -0.39 is 0 Å². The molecule has 1 N–H and O–H groups in total. The summed E-state index contributed by atoms with van der Waals surface area (Å²) in [6.07, 6.45) is 1.97. The minimum atomic E-state index is -0.335. The van der Waals surface area contributed by atoms with Gasteiger partial charge in [0.15, 0.2) is 11.6 Å². The van der Waals surface area contributed by atoms with Gasteiger partial charge in [0.2, 0.25) is 0 Å². The summed E-state index contributed by atoms with van der Waals surface area (Å²) in [5.74, 6) is -0.0412. The molecular weight excluding hydrogens is 169 g/mol. The highest BCUT2D eigenvalue weighted by Crippen LogP contribution is 2.13. The van der Waals surface area contributed by atoms with Crippen LogP contribution in [0.25, 0.3) is 0 Å². The Balaban J connectivity index is 2.94. The molecule has 0 radical (unpaired) electrons. The molecule has 1 aromatic rings. The predicted octanol–water partition coefficient (Wildman–Crippen LogP) is 2.00. The molecule has 0 spiro atoms. The van der Waals surface area contributed by atoms with Gasteiger partial charge in [0.1, 0.15) is 6.33 Å². The molecule has 4 heteroatoms. The van der Waals surface area contributed by atoms with Crippen LogP contribution in [0.5, 0.6) is 0 Å². The molecule has 1 heterocycles. The first-order valence-electron chi connectivity index (χ1n) is 4.41. The van der Waals surface area contributed by atoms with Gasteiger partial charge in [-0.15, -0.1) is 0 Å². The number of rotatable bonds is 3. The molecule has 0 aliphatic heterocycles. The van der Waals surface area contributed by atoms with Crippen molar-refractivity contribution in [3.05, 3.63) is 17.8 Å². The SMILES string of the molecule is CCc1ncnc(NC(C)C)c1F. The molecule has 72 valence electrons. The van der Waals surface area contributed by atoms with E-state index in [4.69, 9.17) is 0 Å². The van der Waals surface area contributed by atoms with Gasteiger partial charge in [-0.2, -0.15) is 0 Å². The van der Waals surface area contributed by atoms with Crippen LogP contribution >= 0.6 is 0 Å². The van der Waals surface area contributed by atoms with E-state index in [1.807, 2.05) is 20.8 Å². The summed E-state index contributed by atoms with van der Waals surface area (Å²) in [6.45, 7) is 5.74. The topological polar surface area (TPSA) is 37.8 Å². The molecule has 0 aliphatic rings. The van der Waals surface area contributed by atoms with Crippen molar-refractivity contribution < 1.29 is 4.39 Å². The van der Waals surface area contributed by atoms with E-state index in [2.05, 4.69) is 15.3 Å². The van der Waals surface area contributed by atoms with Crippen LogP contribution in [-0.4, -0.2) is 16.0 Å². The Morgan fingerprint density at radius 1 is 1.46 bits per heavy atom. The average Bonchev–Trinajstić information content (AvgIpc) is 2.08. The largest absolute Gasteiger partial charge is 0.365 e. The highest BCUT2D eigenvalue weighted by molar-refractivity contribution is 5.37. The van der Waals surface area contributed by atoms with Gasteiger partial charge in [-0.1, -0.05) is 6.92 Å². The van der Waals surface area contributed by atoms with Crippen LogP contribution in [0.15, 0.2) is 6.33 Å². The third kappa shape index (κ3) is 2.37. The quantitative estimate of drug-likeness (QED) is 0.778. The third-order valence-corrected chi connectivity index (χ3v) is 1.62. The number of aryl methyl sites for hydroxylation is 1. The Bertz CT molecular complexity index is 286. The van der Waals surface area contributed by atoms with Crippen molar-refractivity contribution in [2.45, 2.75) is 33.2 Å². The van der Waals surface area contributed by atoms with Crippen molar-refractivity contribution in [3.63, 3.8) is 0 Å². The van der Waals surface area contributed by atoms with Gasteiger partial charge in [0.25, 0.3) is 0 Å². The first-order valence-corrected chi connectivity index (χ1v) is 4.41. The van der Waals surface area contributed by atoms with E-state index in [1.54, 1.807) is 0 Å². The molecular formula is C9H14FN3. The van der Waals surface area contributed by atoms with Crippen LogP contribution in [0.2, 0.25) is 0 Å². The molecule has 1 aromatic heterocycles. The van der Waals surface area contributed by atoms with E-state index in [1.165, 1.54) is 6.33 Å². The van der Waals surface area contributed by atoms with Crippen molar-refractivity contribution in [2.75, 3.05) is 5.32 Å². The predicted molar refractivity (Wildman–Crippen MR) is 50.1 cm³/mol. The average molecular weight is 183 g/mol. The number of aromatic nitrogens is 2. The van der Waals surface area contributed by atoms with Crippen molar-refractivity contribution in [3.8, 4) is 0 Å². The van der Waals surface area contributed by atoms with Crippen molar-refractivity contribution in [1.29, 1.82) is 0 Å². The Labute approximate surface area is 77.4 Å². The van der Waals surface area contributed by atoms with E-state index in [0.717, 1.165) is 0 Å². The zero-order valence-corrected chi connectivity index (χ0v) is 8.13. The van der Waals surface area contributed by atoms with Crippen LogP contribution < -0.4 is 5.32 Å². The summed E-state index contributed by atoms with van der Waals surface area (Å²) in [7, 11) is 0. The molecule has 0 atom stereocenters. The van der Waals surface area contributed by atoms with Gasteiger partial charge < -0.3 is 5.32 Å². The van der Waals surface area contributed by atoms with Crippen molar-refractivity contribution in [2.24, 2.45) is 0 Å². The molecule has 0 bridgehead atoms. The Kier molecular flexibility index (Phi) is 3.17. The maximum atomic E-state index is 13.4. The number of nitrogens with zero attached hydrogens (tertiary/aromatic N) is 2. The normalized spacial score (nSPS) is 10.5. The summed E-state index contributed by atoms with van der Waals surface area (Å²) in [5.41, 5.74) is 0.457. The summed E-state index contributed by atoms with van der Waals surface area (Å²) < 4.78 is 13.4. The van der Waals surface area contributed by atoms with Crippen molar-refractivity contribution >= 4 is 5.82 Å². The second-order valence-electron chi connectivity index (χ2n) is 3.14. The van der Waals surface area contributed by atoms with E-state index >= 15 is 0 Å². The van der Waals surface area contributed by atoms with Gasteiger partial charge in [0.05, 0.1) is 5.69 Å². The first-order chi connectivity index (χ1) is 6.15. The first kappa shape index (κ1) is 9.89. The van der Waals surface area contributed by atoms with Gasteiger partial charge in [-0.05, 0) is 20.3 Å². The van der Waals surface area contributed by atoms with E-state index in [-0.39, 0.29) is 11.9 Å². The maximum absolute atomic E-state index is 13.4. The lowest BCUT2D eigenvalue weighted by molar-refractivity contribution is 0.594. The highest BCUT2D eigenvalue weighted by atomic mass is 19.1. The Morgan fingerprint density at radius 3 is 2.69 bits per heavy atom. The summed E-state index contributed by atoms with van der Waals surface area (Å²) in [6, 6.07) is 0.175. The van der Waals surface area contributed by atoms with E-state index in [0.29, 0.717) is 17.9 Å². The molecule has 0 saturated heterocycles. The molecule has 0 aliphatic carbocycles. The number of nitrogens with one attached hydrogen (secondary N) is 1. The van der Waals surface area contributed by atoms with Gasteiger partial charge in [-0.3, -0.25) is 0 Å². The highest BCUT2D eigenvalue weighted by Gasteiger charge is 2.09. The number of anilines is 1. The molecule has 3 nitrogen and oxygen atoms in total. The standard InChI is InChI=1S/C9H14FN3/c1-4-7-8(10)9(12-5-11-7)13-6(2)3/h5-6H,4H2,1-3H3,(H,11,12,13).